The molecular formula is C12H22O11. The second kappa shape index (κ2) is 7.21. The van der Waals surface area contributed by atoms with Gasteiger partial charge < -0.3 is 55.1 Å². The molecule has 2 aliphatic rings. The van der Waals surface area contributed by atoms with E-state index in [0.717, 1.165) is 0 Å². The monoisotopic (exact) mass is 342 g/mol. The number of ether oxygens (including phenoxy) is 3. The van der Waals surface area contributed by atoms with E-state index >= 15 is 0 Å². The van der Waals surface area contributed by atoms with E-state index in [0.29, 0.717) is 0 Å². The maximum atomic E-state index is 10.00. The van der Waals surface area contributed by atoms with Gasteiger partial charge in [0, 0.05) is 0 Å². The maximum Gasteiger partial charge on any atom is 0.224 e. The normalized spacial score (nSPS) is 51.1. The summed E-state index contributed by atoms with van der Waals surface area (Å²) >= 11 is 0. The molecule has 2 aliphatic heterocycles. The third kappa shape index (κ3) is 3.23. The van der Waals surface area contributed by atoms with Crippen LogP contribution in [0.3, 0.4) is 0 Å². The zero-order valence-corrected chi connectivity index (χ0v) is 12.0. The molecule has 2 saturated heterocycles. The third-order valence-electron chi connectivity index (χ3n) is 4.07. The van der Waals surface area contributed by atoms with Crippen LogP contribution in [-0.4, -0.2) is 115 Å². The van der Waals surface area contributed by atoms with Gasteiger partial charge >= 0.3 is 0 Å². The molecule has 0 aromatic rings. The summed E-state index contributed by atoms with van der Waals surface area (Å²) in [5.74, 6) is -2.22. The van der Waals surface area contributed by atoms with Crippen LogP contribution in [0, 0.1) is 0 Å². The van der Waals surface area contributed by atoms with E-state index in [1.165, 1.54) is 0 Å². The van der Waals surface area contributed by atoms with Crippen LogP contribution < -0.4 is 0 Å². The van der Waals surface area contributed by atoms with Gasteiger partial charge in [-0.05, 0) is 0 Å². The minimum absolute atomic E-state index is 0.669. The first kappa shape index (κ1) is 18.9. The topological polar surface area (TPSA) is 190 Å². The van der Waals surface area contributed by atoms with Crippen molar-refractivity contribution in [2.75, 3.05) is 19.8 Å². The summed E-state index contributed by atoms with van der Waals surface area (Å²) in [5.41, 5.74) is 0. The lowest BCUT2D eigenvalue weighted by Gasteiger charge is -2.43. The van der Waals surface area contributed by atoms with Crippen molar-refractivity contribution >= 4 is 0 Å². The number of hydrogen-bond donors (Lipinski definition) is 8. The van der Waals surface area contributed by atoms with Crippen LogP contribution in [0.1, 0.15) is 0 Å². The summed E-state index contributed by atoms with van der Waals surface area (Å²) in [5, 5.41) is 76.7. The van der Waals surface area contributed by atoms with E-state index in [2.05, 4.69) is 0 Å². The highest BCUT2D eigenvalue weighted by molar-refractivity contribution is 4.98. The molecule has 0 aliphatic carbocycles. The lowest BCUT2D eigenvalue weighted by Crippen LogP contribution is -2.62. The Labute approximate surface area is 130 Å². The van der Waals surface area contributed by atoms with Crippen LogP contribution in [0.15, 0.2) is 0 Å². The second-order valence-corrected chi connectivity index (χ2v) is 5.56. The predicted octanol–water partition coefficient (Wildman–Crippen LogP) is -5.40. The fraction of sp³-hybridized carbons (Fsp3) is 1.00. The van der Waals surface area contributed by atoms with Gasteiger partial charge in [-0.15, -0.1) is 0 Å². The minimum Gasteiger partial charge on any atom is -0.394 e. The van der Waals surface area contributed by atoms with Crippen molar-refractivity contribution in [3.05, 3.63) is 0 Å². The van der Waals surface area contributed by atoms with Gasteiger partial charge in [0.05, 0.1) is 13.2 Å². The molecule has 0 aromatic carbocycles. The Morgan fingerprint density at radius 2 is 1.39 bits per heavy atom. The fourth-order valence-corrected chi connectivity index (χ4v) is 2.63. The van der Waals surface area contributed by atoms with Crippen LogP contribution in [0.2, 0.25) is 0 Å². The summed E-state index contributed by atoms with van der Waals surface area (Å²) in [6.07, 6.45) is -12.7. The molecule has 0 aromatic heterocycles. The highest BCUT2D eigenvalue weighted by Crippen LogP contribution is 2.35. The first-order chi connectivity index (χ1) is 10.8. The summed E-state index contributed by atoms with van der Waals surface area (Å²) in [4.78, 5) is 0. The van der Waals surface area contributed by atoms with Crippen LogP contribution in [0.4, 0.5) is 0 Å². The molecular weight excluding hydrogens is 320 g/mol. The molecule has 23 heavy (non-hydrogen) atoms. The molecule has 136 valence electrons. The average molecular weight is 342 g/mol. The van der Waals surface area contributed by atoms with Crippen molar-refractivity contribution in [1.29, 1.82) is 0 Å². The molecule has 0 radical (unpaired) electrons. The third-order valence-corrected chi connectivity index (χ3v) is 4.07. The van der Waals surface area contributed by atoms with Gasteiger partial charge in [-0.2, -0.15) is 0 Å². The Kier molecular flexibility index (Phi) is 5.92. The van der Waals surface area contributed by atoms with Gasteiger partial charge in [-0.1, -0.05) is 0 Å². The Balaban J connectivity index is 2.18. The number of aliphatic hydroxyl groups is 8. The Bertz CT molecular complexity index is 393. The lowest BCUT2D eigenvalue weighted by atomic mass is 9.99. The SMILES string of the molecule is OC[C@H]1OC(CO)(O[C@@H]2O[C@H](CO)[C@@H](O)[C@H](O)[C@H]2O)[C@@H](O)[C@@H]1O. The summed E-state index contributed by atoms with van der Waals surface area (Å²) in [7, 11) is 0. The molecule has 11 nitrogen and oxygen atoms in total. The zero-order valence-electron chi connectivity index (χ0n) is 12.0. The molecule has 2 fully saturated rings. The second-order valence-electron chi connectivity index (χ2n) is 5.56. The molecule has 1 unspecified atom stereocenters. The summed E-state index contributed by atoms with van der Waals surface area (Å²) < 4.78 is 15.4. The zero-order chi connectivity index (χ0) is 17.4. The molecule has 11 heteroatoms. The largest absolute Gasteiger partial charge is 0.394 e. The predicted molar refractivity (Wildman–Crippen MR) is 68.6 cm³/mol. The highest BCUT2D eigenvalue weighted by Gasteiger charge is 2.58. The van der Waals surface area contributed by atoms with Gasteiger partial charge in [0.1, 0.15) is 49.3 Å². The van der Waals surface area contributed by atoms with Crippen molar-refractivity contribution in [3.63, 3.8) is 0 Å². The summed E-state index contributed by atoms with van der Waals surface area (Å²) in [6.45, 7) is -2.32. The molecule has 0 saturated carbocycles. The minimum atomic E-state index is -2.22. The molecule has 0 bridgehead atoms. The molecule has 9 atom stereocenters. The van der Waals surface area contributed by atoms with Gasteiger partial charge in [0.25, 0.3) is 0 Å². The van der Waals surface area contributed by atoms with Crippen molar-refractivity contribution in [2.24, 2.45) is 0 Å². The van der Waals surface area contributed by atoms with E-state index in [4.69, 9.17) is 24.4 Å². The molecule has 0 amide bonds. The quantitative estimate of drug-likeness (QED) is 0.238. The van der Waals surface area contributed by atoms with Crippen LogP contribution in [0.5, 0.6) is 0 Å². The van der Waals surface area contributed by atoms with E-state index in [1.54, 1.807) is 0 Å². The van der Waals surface area contributed by atoms with E-state index in [9.17, 15) is 30.6 Å². The van der Waals surface area contributed by atoms with Gasteiger partial charge in [0.2, 0.25) is 5.79 Å². The van der Waals surface area contributed by atoms with E-state index in [1.807, 2.05) is 0 Å². The van der Waals surface area contributed by atoms with Gasteiger partial charge in [0.15, 0.2) is 6.29 Å². The first-order valence-electron chi connectivity index (χ1n) is 7.05. The number of rotatable bonds is 5. The van der Waals surface area contributed by atoms with Gasteiger partial charge in [-0.25, -0.2) is 0 Å². The fourth-order valence-electron chi connectivity index (χ4n) is 2.63. The Morgan fingerprint density at radius 3 is 1.87 bits per heavy atom. The lowest BCUT2D eigenvalue weighted by molar-refractivity contribution is -0.383. The van der Waals surface area contributed by atoms with Crippen molar-refractivity contribution in [1.82, 2.24) is 0 Å². The molecule has 2 heterocycles. The number of aliphatic hydroxyl groups excluding tert-OH is 8. The smallest absolute Gasteiger partial charge is 0.224 e. The Hall–Kier alpha value is -0.440. The molecule has 8 N–H and O–H groups in total. The molecule has 0 spiro atoms. The maximum absolute atomic E-state index is 10.00. The van der Waals surface area contributed by atoms with Gasteiger partial charge in [-0.3, -0.25) is 0 Å². The number of hydrogen-bond acceptors (Lipinski definition) is 11. The van der Waals surface area contributed by atoms with Crippen molar-refractivity contribution < 1.29 is 55.1 Å². The van der Waals surface area contributed by atoms with Crippen LogP contribution >= 0.6 is 0 Å². The van der Waals surface area contributed by atoms with Crippen LogP contribution in [0.25, 0.3) is 0 Å². The standard InChI is InChI=1S/C12H22O11/c13-1-4-6(16)8(18)9(19)11(21-4)23-12(3-15)10(20)7(17)5(2-14)22-12/h4-11,13-20H,1-3H2/t4-,5-,6-,7-,8+,9-,10+,11+,12?/m1/s1. The van der Waals surface area contributed by atoms with Crippen LogP contribution in [-0.2, 0) is 14.2 Å². The van der Waals surface area contributed by atoms with E-state index < -0.39 is 74.6 Å². The Morgan fingerprint density at radius 1 is 0.783 bits per heavy atom. The first-order valence-corrected chi connectivity index (χ1v) is 7.05. The average Bonchev–Trinajstić information content (AvgIpc) is 2.80. The molecule has 2 rings (SSSR count). The van der Waals surface area contributed by atoms with Crippen molar-refractivity contribution in [3.8, 4) is 0 Å². The van der Waals surface area contributed by atoms with E-state index in [-0.39, 0.29) is 0 Å². The van der Waals surface area contributed by atoms with Crippen molar-refractivity contribution in [2.45, 2.75) is 54.8 Å². The highest BCUT2D eigenvalue weighted by atomic mass is 16.8. The summed E-state index contributed by atoms with van der Waals surface area (Å²) in [6, 6.07) is 0.